The van der Waals surface area contributed by atoms with Crippen molar-refractivity contribution in [2.45, 2.75) is 6.42 Å². The number of hydrogen-bond acceptors (Lipinski definition) is 4. The van der Waals surface area contributed by atoms with E-state index >= 15 is 0 Å². The van der Waals surface area contributed by atoms with Gasteiger partial charge in [0.2, 0.25) is 0 Å². The Hall–Kier alpha value is -1.43. The third-order valence-electron chi connectivity index (χ3n) is 3.44. The van der Waals surface area contributed by atoms with Gasteiger partial charge in [-0.05, 0) is 30.7 Å². The molecule has 1 saturated heterocycles. The van der Waals surface area contributed by atoms with E-state index in [0.29, 0.717) is 18.7 Å². The summed E-state index contributed by atoms with van der Waals surface area (Å²) in [6.07, 6.45) is 0.800. The normalized spacial score (nSPS) is 16.1. The highest BCUT2D eigenvalue weighted by Crippen LogP contribution is 2.05. The number of rotatable bonds is 6. The molecule has 0 unspecified atom stereocenters. The van der Waals surface area contributed by atoms with Crippen molar-refractivity contribution in [1.29, 1.82) is 0 Å². The molecule has 0 radical (unpaired) electrons. The van der Waals surface area contributed by atoms with Crippen molar-refractivity contribution in [3.8, 4) is 0 Å². The third-order valence-corrected chi connectivity index (χ3v) is 3.44. The van der Waals surface area contributed by atoms with Crippen molar-refractivity contribution in [2.24, 2.45) is 5.73 Å². The zero-order valence-corrected chi connectivity index (χ0v) is 11.8. The summed E-state index contributed by atoms with van der Waals surface area (Å²) >= 11 is 0. The lowest BCUT2D eigenvalue weighted by molar-refractivity contribution is 0.0383. The summed E-state index contributed by atoms with van der Waals surface area (Å²) in [5.41, 5.74) is 7.34. The van der Waals surface area contributed by atoms with Crippen molar-refractivity contribution < 1.29 is 9.53 Å². The number of nitrogens with two attached hydrogens (primary N) is 1. The Labute approximate surface area is 120 Å². The molecule has 1 amide bonds. The lowest BCUT2D eigenvalue weighted by atomic mass is 10.1. The molecule has 0 aromatic heterocycles. The van der Waals surface area contributed by atoms with Gasteiger partial charge >= 0.3 is 0 Å². The average Bonchev–Trinajstić information content (AvgIpc) is 2.49. The molecule has 5 heteroatoms. The minimum Gasteiger partial charge on any atom is -0.379 e. The van der Waals surface area contributed by atoms with Crippen LogP contribution in [0.1, 0.15) is 15.9 Å². The predicted molar refractivity (Wildman–Crippen MR) is 78.8 cm³/mol. The van der Waals surface area contributed by atoms with Gasteiger partial charge in [0.05, 0.1) is 13.2 Å². The fraction of sp³-hybridized carbons (Fsp3) is 0.533. The van der Waals surface area contributed by atoms with Crippen LogP contribution in [-0.4, -0.2) is 56.7 Å². The van der Waals surface area contributed by atoms with Gasteiger partial charge in [-0.1, -0.05) is 12.1 Å². The highest BCUT2D eigenvalue weighted by Gasteiger charge is 2.11. The molecule has 110 valence electrons. The molecule has 0 aliphatic carbocycles. The Kier molecular flexibility index (Phi) is 5.98. The van der Waals surface area contributed by atoms with Crippen LogP contribution in [0.15, 0.2) is 24.3 Å². The molecule has 20 heavy (non-hydrogen) atoms. The van der Waals surface area contributed by atoms with E-state index in [-0.39, 0.29) is 5.91 Å². The maximum absolute atomic E-state index is 12.1. The molecule has 1 fully saturated rings. The van der Waals surface area contributed by atoms with Crippen LogP contribution in [0.5, 0.6) is 0 Å². The molecule has 5 nitrogen and oxygen atoms in total. The SMILES string of the molecule is NCCc1cccc(C(=O)NCCN2CCOCC2)c1. The maximum Gasteiger partial charge on any atom is 0.251 e. The highest BCUT2D eigenvalue weighted by atomic mass is 16.5. The first-order chi connectivity index (χ1) is 9.79. The van der Waals surface area contributed by atoms with Gasteiger partial charge < -0.3 is 15.8 Å². The lowest BCUT2D eigenvalue weighted by Crippen LogP contribution is -2.41. The van der Waals surface area contributed by atoms with Crippen LogP contribution in [-0.2, 0) is 11.2 Å². The topological polar surface area (TPSA) is 67.6 Å². The molecule has 0 atom stereocenters. The van der Waals surface area contributed by atoms with Gasteiger partial charge in [-0.15, -0.1) is 0 Å². The highest BCUT2D eigenvalue weighted by molar-refractivity contribution is 5.94. The second kappa shape index (κ2) is 7.99. The molecule has 1 heterocycles. The lowest BCUT2D eigenvalue weighted by Gasteiger charge is -2.26. The summed E-state index contributed by atoms with van der Waals surface area (Å²) < 4.78 is 5.29. The number of hydrogen-bond donors (Lipinski definition) is 2. The minimum absolute atomic E-state index is 0.0165. The number of benzene rings is 1. The first-order valence-electron chi connectivity index (χ1n) is 7.17. The Balaban J connectivity index is 1.77. The molecular weight excluding hydrogens is 254 g/mol. The zero-order chi connectivity index (χ0) is 14.2. The first-order valence-corrected chi connectivity index (χ1v) is 7.17. The number of carbonyl (C=O) groups excluding carboxylic acids is 1. The summed E-state index contributed by atoms with van der Waals surface area (Å²) in [6.45, 7) is 5.60. The summed E-state index contributed by atoms with van der Waals surface area (Å²) in [5, 5.41) is 2.96. The minimum atomic E-state index is -0.0165. The standard InChI is InChI=1S/C15H23N3O2/c16-5-4-13-2-1-3-14(12-13)15(19)17-6-7-18-8-10-20-11-9-18/h1-3,12H,4-11,16H2,(H,17,19). The van der Waals surface area contributed by atoms with Crippen molar-refractivity contribution in [1.82, 2.24) is 10.2 Å². The zero-order valence-electron chi connectivity index (χ0n) is 11.8. The van der Waals surface area contributed by atoms with E-state index in [1.807, 2.05) is 24.3 Å². The Morgan fingerprint density at radius 3 is 2.90 bits per heavy atom. The Bertz CT molecular complexity index is 431. The molecule has 1 aliphatic heterocycles. The largest absolute Gasteiger partial charge is 0.379 e. The smallest absolute Gasteiger partial charge is 0.251 e. The average molecular weight is 277 g/mol. The predicted octanol–water partition coefficient (Wildman–Crippen LogP) is 0.250. The number of nitrogens with zero attached hydrogens (tertiary/aromatic N) is 1. The molecule has 0 bridgehead atoms. The molecule has 1 aromatic carbocycles. The maximum atomic E-state index is 12.1. The van der Waals surface area contributed by atoms with Crippen molar-refractivity contribution in [3.63, 3.8) is 0 Å². The molecule has 1 aromatic rings. The molecule has 1 aliphatic rings. The van der Waals surface area contributed by atoms with Gasteiger partial charge in [0.1, 0.15) is 0 Å². The fourth-order valence-electron chi connectivity index (χ4n) is 2.29. The number of nitrogens with one attached hydrogen (secondary N) is 1. The van der Waals surface area contributed by atoms with Gasteiger partial charge in [0.15, 0.2) is 0 Å². The molecule has 0 spiro atoms. The summed E-state index contributed by atoms with van der Waals surface area (Å²) in [7, 11) is 0. The van der Waals surface area contributed by atoms with Crippen molar-refractivity contribution >= 4 is 5.91 Å². The van der Waals surface area contributed by atoms with Crippen molar-refractivity contribution in [2.75, 3.05) is 45.9 Å². The van der Waals surface area contributed by atoms with E-state index in [9.17, 15) is 4.79 Å². The van der Waals surface area contributed by atoms with E-state index in [2.05, 4.69) is 10.2 Å². The first kappa shape index (κ1) is 15.0. The van der Waals surface area contributed by atoms with E-state index in [4.69, 9.17) is 10.5 Å². The number of carbonyl (C=O) groups is 1. The van der Waals surface area contributed by atoms with Crippen LogP contribution in [0.2, 0.25) is 0 Å². The molecule has 3 N–H and O–H groups in total. The molecule has 0 saturated carbocycles. The van der Waals surface area contributed by atoms with Crippen LogP contribution >= 0.6 is 0 Å². The Morgan fingerprint density at radius 2 is 2.15 bits per heavy atom. The van der Waals surface area contributed by atoms with Gasteiger partial charge in [-0.3, -0.25) is 9.69 Å². The Morgan fingerprint density at radius 1 is 1.35 bits per heavy atom. The van der Waals surface area contributed by atoms with Gasteiger partial charge in [0, 0.05) is 31.7 Å². The quantitative estimate of drug-likeness (QED) is 0.782. The monoisotopic (exact) mass is 277 g/mol. The molecular formula is C15H23N3O2. The van der Waals surface area contributed by atoms with Gasteiger partial charge in [-0.2, -0.15) is 0 Å². The van der Waals surface area contributed by atoms with E-state index in [1.165, 1.54) is 0 Å². The van der Waals surface area contributed by atoms with Crippen LogP contribution in [0.25, 0.3) is 0 Å². The number of morpholine rings is 1. The molecule has 2 rings (SSSR count). The van der Waals surface area contributed by atoms with E-state index < -0.39 is 0 Å². The van der Waals surface area contributed by atoms with E-state index in [0.717, 1.165) is 44.8 Å². The summed E-state index contributed by atoms with van der Waals surface area (Å²) in [6, 6.07) is 7.65. The van der Waals surface area contributed by atoms with Crippen LogP contribution in [0.4, 0.5) is 0 Å². The summed E-state index contributed by atoms with van der Waals surface area (Å²) in [5.74, 6) is -0.0165. The number of ether oxygens (including phenoxy) is 1. The van der Waals surface area contributed by atoms with Gasteiger partial charge in [-0.25, -0.2) is 0 Å². The van der Waals surface area contributed by atoms with Crippen LogP contribution in [0, 0.1) is 0 Å². The third kappa shape index (κ3) is 4.59. The van der Waals surface area contributed by atoms with Crippen molar-refractivity contribution in [3.05, 3.63) is 35.4 Å². The second-order valence-corrected chi connectivity index (χ2v) is 4.95. The summed E-state index contributed by atoms with van der Waals surface area (Å²) in [4.78, 5) is 14.4. The van der Waals surface area contributed by atoms with Crippen LogP contribution < -0.4 is 11.1 Å². The van der Waals surface area contributed by atoms with Crippen LogP contribution in [0.3, 0.4) is 0 Å². The van der Waals surface area contributed by atoms with E-state index in [1.54, 1.807) is 0 Å². The number of amides is 1. The van der Waals surface area contributed by atoms with Gasteiger partial charge in [0.25, 0.3) is 5.91 Å². The fourth-order valence-corrected chi connectivity index (χ4v) is 2.29. The second-order valence-electron chi connectivity index (χ2n) is 4.95.